The number of hydrogen-bond donors (Lipinski definition) is 0. The second-order valence-corrected chi connectivity index (χ2v) is 13.4. The van der Waals surface area contributed by atoms with Gasteiger partial charge in [0, 0.05) is 42.6 Å². The minimum Gasteiger partial charge on any atom is -0.472 e. The summed E-state index contributed by atoms with van der Waals surface area (Å²) < 4.78 is 23.6. The molecule has 200 valence electrons. The van der Waals surface area contributed by atoms with Gasteiger partial charge in [-0.2, -0.15) is 0 Å². The van der Waals surface area contributed by atoms with Crippen molar-refractivity contribution >= 4 is 23.5 Å². The Bertz CT molecular complexity index is 1200. The molecule has 1 spiro atoms. The number of furan rings is 1. The van der Waals surface area contributed by atoms with Gasteiger partial charge in [0.2, 0.25) is 0 Å². The Kier molecular flexibility index (Phi) is 4.92. The number of fused-ring (bicyclic) bond motifs is 3. The first-order valence-electron chi connectivity index (χ1n) is 13.4. The van der Waals surface area contributed by atoms with Crippen LogP contribution in [-0.4, -0.2) is 41.3 Å². The summed E-state index contributed by atoms with van der Waals surface area (Å²) in [6, 6.07) is 1.80. The third-order valence-electron chi connectivity index (χ3n) is 11.2. The molecule has 1 aromatic rings. The van der Waals surface area contributed by atoms with E-state index in [0.29, 0.717) is 19.3 Å². The fourth-order valence-corrected chi connectivity index (χ4v) is 9.72. The highest BCUT2D eigenvalue weighted by Crippen LogP contribution is 2.79. The molecule has 5 fully saturated rings. The van der Waals surface area contributed by atoms with Crippen LogP contribution in [0.5, 0.6) is 0 Å². The molecule has 5 aliphatic rings. The molecule has 6 unspecified atom stereocenters. The standard InChI is InChI=1S/C29H36O8/c1-15(30)35-21-11-17(31)13-25(2,3)19-12-20(32)28(6)18(27(19,21)5)7-9-26(4)22(16-8-10-34-14-16)36-24(33)23-29(26,28)37-23/h8,10,14,18-19,21-23H,7,9,11-13H2,1-6H3/t18?,19?,21?,22-,23?,26-,27?,28-,29?/m0/s1. The maximum Gasteiger partial charge on any atom is 0.339 e. The van der Waals surface area contributed by atoms with E-state index in [-0.39, 0.29) is 36.2 Å². The highest BCUT2D eigenvalue weighted by molar-refractivity contribution is 5.93. The molecule has 3 heterocycles. The van der Waals surface area contributed by atoms with E-state index >= 15 is 0 Å². The van der Waals surface area contributed by atoms with E-state index in [2.05, 4.69) is 27.7 Å². The van der Waals surface area contributed by atoms with Crippen LogP contribution in [0.1, 0.15) is 85.3 Å². The Balaban J connectivity index is 1.54. The number of epoxide rings is 1. The zero-order chi connectivity index (χ0) is 26.8. The Morgan fingerprint density at radius 2 is 1.76 bits per heavy atom. The third kappa shape index (κ3) is 2.83. The number of carbonyl (C=O) groups excluding carboxylic acids is 4. The first-order chi connectivity index (χ1) is 17.2. The molecule has 0 N–H and O–H groups in total. The van der Waals surface area contributed by atoms with Crippen molar-refractivity contribution < 1.29 is 37.8 Å². The molecule has 8 heteroatoms. The summed E-state index contributed by atoms with van der Waals surface area (Å²) in [7, 11) is 0. The first kappa shape index (κ1) is 24.8. The zero-order valence-electron chi connectivity index (χ0n) is 22.4. The van der Waals surface area contributed by atoms with Crippen molar-refractivity contribution in [2.45, 2.75) is 97.6 Å². The topological polar surface area (TPSA) is 112 Å². The number of ketones is 2. The molecule has 2 saturated heterocycles. The lowest BCUT2D eigenvalue weighted by Crippen LogP contribution is -2.72. The molecular weight excluding hydrogens is 476 g/mol. The smallest absolute Gasteiger partial charge is 0.339 e. The summed E-state index contributed by atoms with van der Waals surface area (Å²) in [6.07, 6.45) is 3.04. The maximum absolute atomic E-state index is 14.4. The number of Topliss-reactive ketones (excluding diaryl/α,β-unsaturated/α-hetero) is 2. The van der Waals surface area contributed by atoms with E-state index in [1.165, 1.54) is 6.92 Å². The number of cyclic esters (lactones) is 1. The van der Waals surface area contributed by atoms with Crippen LogP contribution in [0.4, 0.5) is 0 Å². The van der Waals surface area contributed by atoms with Crippen LogP contribution in [0.2, 0.25) is 0 Å². The fraction of sp³-hybridized carbons (Fsp3) is 0.724. The predicted octanol–water partition coefficient (Wildman–Crippen LogP) is 4.35. The molecule has 0 amide bonds. The Morgan fingerprint density at radius 1 is 1.03 bits per heavy atom. The number of ether oxygens (including phenoxy) is 3. The van der Waals surface area contributed by atoms with Crippen molar-refractivity contribution in [2.75, 3.05) is 0 Å². The lowest BCUT2D eigenvalue weighted by molar-refractivity contribution is -0.231. The Labute approximate surface area is 216 Å². The fourth-order valence-electron chi connectivity index (χ4n) is 9.72. The van der Waals surface area contributed by atoms with Gasteiger partial charge in [-0.15, -0.1) is 0 Å². The van der Waals surface area contributed by atoms with E-state index in [1.807, 2.05) is 6.92 Å². The highest BCUT2D eigenvalue weighted by Gasteiger charge is 2.88. The normalized spacial score (nSPS) is 47.9. The largest absolute Gasteiger partial charge is 0.472 e. The van der Waals surface area contributed by atoms with Crippen LogP contribution >= 0.6 is 0 Å². The van der Waals surface area contributed by atoms with Crippen molar-refractivity contribution in [1.29, 1.82) is 0 Å². The number of rotatable bonds is 2. The van der Waals surface area contributed by atoms with Crippen LogP contribution in [0.3, 0.4) is 0 Å². The van der Waals surface area contributed by atoms with Gasteiger partial charge in [-0.25, -0.2) is 4.79 Å². The average molecular weight is 513 g/mol. The second kappa shape index (κ2) is 7.33. The van der Waals surface area contributed by atoms with E-state index in [4.69, 9.17) is 18.6 Å². The molecule has 3 aliphatic carbocycles. The molecule has 1 aromatic heterocycles. The third-order valence-corrected chi connectivity index (χ3v) is 11.2. The van der Waals surface area contributed by atoms with E-state index in [9.17, 15) is 19.2 Å². The highest BCUT2D eigenvalue weighted by atomic mass is 16.7. The monoisotopic (exact) mass is 512 g/mol. The summed E-state index contributed by atoms with van der Waals surface area (Å²) in [5, 5.41) is 0. The van der Waals surface area contributed by atoms with Gasteiger partial charge < -0.3 is 18.6 Å². The lowest BCUT2D eigenvalue weighted by atomic mass is 9.36. The van der Waals surface area contributed by atoms with Crippen molar-refractivity contribution in [2.24, 2.45) is 33.5 Å². The van der Waals surface area contributed by atoms with Gasteiger partial charge in [0.1, 0.15) is 29.4 Å². The lowest BCUT2D eigenvalue weighted by Gasteiger charge is -2.66. The molecule has 0 bridgehead atoms. The molecular formula is C29H36O8. The minimum atomic E-state index is -1.05. The molecule has 2 aliphatic heterocycles. The first-order valence-corrected chi connectivity index (χ1v) is 13.4. The van der Waals surface area contributed by atoms with Gasteiger partial charge in [0.25, 0.3) is 0 Å². The quantitative estimate of drug-likeness (QED) is 0.425. The molecule has 0 radical (unpaired) electrons. The Morgan fingerprint density at radius 3 is 2.41 bits per heavy atom. The van der Waals surface area contributed by atoms with Crippen molar-refractivity contribution in [3.8, 4) is 0 Å². The molecule has 9 atom stereocenters. The second-order valence-electron chi connectivity index (χ2n) is 13.4. The molecule has 0 aromatic carbocycles. The van der Waals surface area contributed by atoms with Gasteiger partial charge in [0.05, 0.1) is 17.9 Å². The van der Waals surface area contributed by atoms with Crippen LogP contribution in [0, 0.1) is 33.5 Å². The number of carbonyl (C=O) groups is 4. The summed E-state index contributed by atoms with van der Waals surface area (Å²) >= 11 is 0. The van der Waals surface area contributed by atoms with Crippen LogP contribution in [0.25, 0.3) is 0 Å². The van der Waals surface area contributed by atoms with Crippen LogP contribution < -0.4 is 0 Å². The average Bonchev–Trinajstić information content (AvgIpc) is 3.38. The van der Waals surface area contributed by atoms with Gasteiger partial charge in [0.15, 0.2) is 6.10 Å². The SMILES string of the molecule is CC(=O)OC1CC(=O)CC(C)(C)C2CC(=O)[C@]3(C)C(CC[C@@]4(C)[C@H](c5ccoc5)OC(=O)C5OC543)C12C. The number of esters is 2. The summed E-state index contributed by atoms with van der Waals surface area (Å²) in [4.78, 5) is 53.1. The molecule has 8 nitrogen and oxygen atoms in total. The van der Waals surface area contributed by atoms with Gasteiger partial charge in [-0.1, -0.05) is 27.7 Å². The van der Waals surface area contributed by atoms with Gasteiger partial charge in [-0.3, -0.25) is 14.4 Å². The summed E-state index contributed by atoms with van der Waals surface area (Å²) in [6.45, 7) is 11.6. The van der Waals surface area contributed by atoms with Gasteiger partial charge in [-0.05, 0) is 43.1 Å². The van der Waals surface area contributed by atoms with E-state index in [1.54, 1.807) is 18.6 Å². The van der Waals surface area contributed by atoms with Crippen molar-refractivity contribution in [3.63, 3.8) is 0 Å². The minimum absolute atomic E-state index is 0.0432. The van der Waals surface area contributed by atoms with E-state index < -0.39 is 57.5 Å². The molecule has 37 heavy (non-hydrogen) atoms. The van der Waals surface area contributed by atoms with Crippen molar-refractivity contribution in [3.05, 3.63) is 24.2 Å². The van der Waals surface area contributed by atoms with Crippen LogP contribution in [-0.2, 0) is 33.4 Å². The Hall–Kier alpha value is -2.48. The van der Waals surface area contributed by atoms with Crippen molar-refractivity contribution in [1.82, 2.24) is 0 Å². The van der Waals surface area contributed by atoms with Gasteiger partial charge >= 0.3 is 11.9 Å². The summed E-state index contributed by atoms with van der Waals surface area (Å²) in [5.41, 5.74) is -3.11. The zero-order valence-corrected chi connectivity index (χ0v) is 22.4. The summed E-state index contributed by atoms with van der Waals surface area (Å²) in [5.74, 6) is -1.22. The van der Waals surface area contributed by atoms with Crippen LogP contribution in [0.15, 0.2) is 23.0 Å². The van der Waals surface area contributed by atoms with E-state index in [0.717, 1.165) is 5.56 Å². The predicted molar refractivity (Wildman–Crippen MR) is 129 cm³/mol. The maximum atomic E-state index is 14.4. The molecule has 3 saturated carbocycles. The molecule has 6 rings (SSSR count). The number of hydrogen-bond acceptors (Lipinski definition) is 8.